The number of carbonyl (C=O) groups excluding carboxylic acids is 2. The molecule has 1 saturated heterocycles. The van der Waals surface area contributed by atoms with Gasteiger partial charge in [-0.2, -0.15) is 0 Å². The molecule has 1 fully saturated rings. The van der Waals surface area contributed by atoms with E-state index in [9.17, 15) is 9.59 Å². The molecule has 2 atom stereocenters. The Hall–Kier alpha value is -1.72. The first-order chi connectivity index (χ1) is 14.6. The number of fused-ring (bicyclic) bond motifs is 1. The van der Waals surface area contributed by atoms with Crippen molar-refractivity contribution in [3.05, 3.63) is 35.4 Å². The van der Waals surface area contributed by atoms with Gasteiger partial charge in [0.2, 0.25) is 0 Å². The van der Waals surface area contributed by atoms with Crippen molar-refractivity contribution in [2.75, 3.05) is 39.5 Å². The second kappa shape index (κ2) is 13.0. The predicted octanol–water partition coefficient (Wildman–Crippen LogP) is 2.43. The van der Waals surface area contributed by atoms with Crippen LogP contribution >= 0.6 is 24.0 Å². The lowest BCUT2D eigenvalue weighted by Gasteiger charge is -2.19. The van der Waals surface area contributed by atoms with Crippen molar-refractivity contribution in [2.24, 2.45) is 4.99 Å². The fourth-order valence-corrected chi connectivity index (χ4v) is 3.53. The van der Waals surface area contributed by atoms with Crippen LogP contribution in [-0.2, 0) is 9.47 Å². The molecule has 31 heavy (non-hydrogen) atoms. The molecular weight excluding hydrogens is 511 g/mol. The van der Waals surface area contributed by atoms with E-state index in [0.717, 1.165) is 32.0 Å². The molecule has 0 radical (unpaired) electrons. The SMILES string of the molecule is CCNC(=NCCCCN1C(=O)c2ccccc2C1=O)NC(C)COC1CCOC1.I. The van der Waals surface area contributed by atoms with Gasteiger partial charge in [0.05, 0.1) is 30.4 Å². The molecule has 8 nitrogen and oxygen atoms in total. The number of imide groups is 1. The smallest absolute Gasteiger partial charge is 0.261 e. The molecule has 0 aromatic heterocycles. The van der Waals surface area contributed by atoms with E-state index in [1.807, 2.05) is 6.92 Å². The van der Waals surface area contributed by atoms with Crippen LogP contribution in [0.15, 0.2) is 29.3 Å². The highest BCUT2D eigenvalue weighted by Crippen LogP contribution is 2.22. The number of ether oxygens (including phenoxy) is 2. The number of rotatable bonds is 10. The third-order valence-electron chi connectivity index (χ3n) is 5.14. The van der Waals surface area contributed by atoms with Gasteiger partial charge in [-0.3, -0.25) is 19.5 Å². The maximum absolute atomic E-state index is 12.4. The van der Waals surface area contributed by atoms with E-state index in [4.69, 9.17) is 9.47 Å². The fraction of sp³-hybridized carbons (Fsp3) is 0.591. The molecule has 2 aliphatic heterocycles. The van der Waals surface area contributed by atoms with Crippen LogP contribution in [0.5, 0.6) is 0 Å². The second-order valence-electron chi connectivity index (χ2n) is 7.64. The quantitative estimate of drug-likeness (QED) is 0.155. The van der Waals surface area contributed by atoms with E-state index in [1.54, 1.807) is 24.3 Å². The van der Waals surface area contributed by atoms with Crippen molar-refractivity contribution in [3.8, 4) is 0 Å². The topological polar surface area (TPSA) is 92.3 Å². The van der Waals surface area contributed by atoms with Crippen molar-refractivity contribution in [1.29, 1.82) is 0 Å². The molecule has 2 unspecified atom stereocenters. The Labute approximate surface area is 201 Å². The van der Waals surface area contributed by atoms with Crippen LogP contribution in [-0.4, -0.2) is 74.3 Å². The van der Waals surface area contributed by atoms with Gasteiger partial charge in [0.15, 0.2) is 5.96 Å². The average molecular weight is 544 g/mol. The highest BCUT2D eigenvalue weighted by atomic mass is 127. The van der Waals surface area contributed by atoms with Gasteiger partial charge in [-0.25, -0.2) is 0 Å². The summed E-state index contributed by atoms with van der Waals surface area (Å²) in [5, 5.41) is 6.59. The first-order valence-electron chi connectivity index (χ1n) is 10.8. The zero-order chi connectivity index (χ0) is 21.3. The maximum Gasteiger partial charge on any atom is 0.261 e. The Bertz CT molecular complexity index is 733. The molecule has 2 amide bonds. The van der Waals surface area contributed by atoms with Gasteiger partial charge in [-0.15, -0.1) is 24.0 Å². The van der Waals surface area contributed by atoms with E-state index in [2.05, 4.69) is 22.5 Å². The minimum absolute atomic E-state index is 0. The van der Waals surface area contributed by atoms with Crippen LogP contribution in [0.25, 0.3) is 0 Å². The Morgan fingerprint density at radius 1 is 1.26 bits per heavy atom. The average Bonchev–Trinajstić information content (AvgIpc) is 3.35. The van der Waals surface area contributed by atoms with Crippen LogP contribution in [0.1, 0.15) is 53.8 Å². The molecule has 2 aliphatic rings. The normalized spacial score (nSPS) is 19.2. The summed E-state index contributed by atoms with van der Waals surface area (Å²) in [7, 11) is 0. The number of guanidine groups is 1. The van der Waals surface area contributed by atoms with Gasteiger partial charge in [-0.05, 0) is 45.2 Å². The number of unbranched alkanes of at least 4 members (excludes halogenated alkanes) is 1. The monoisotopic (exact) mass is 544 g/mol. The molecule has 0 aliphatic carbocycles. The van der Waals surface area contributed by atoms with Crippen LogP contribution in [0.3, 0.4) is 0 Å². The van der Waals surface area contributed by atoms with E-state index in [1.165, 1.54) is 4.90 Å². The fourth-order valence-electron chi connectivity index (χ4n) is 3.53. The Morgan fingerprint density at radius 2 is 1.97 bits per heavy atom. The minimum atomic E-state index is -0.199. The number of nitrogens with zero attached hydrogens (tertiary/aromatic N) is 2. The molecule has 1 aromatic carbocycles. The molecule has 0 bridgehead atoms. The largest absolute Gasteiger partial charge is 0.379 e. The number of benzene rings is 1. The molecule has 1 aromatic rings. The zero-order valence-electron chi connectivity index (χ0n) is 18.3. The maximum atomic E-state index is 12.4. The number of nitrogens with one attached hydrogen (secondary N) is 2. The first kappa shape index (κ1) is 25.5. The molecule has 0 spiro atoms. The lowest BCUT2D eigenvalue weighted by molar-refractivity contribution is 0.0347. The Balaban J connectivity index is 0.00000341. The summed E-state index contributed by atoms with van der Waals surface area (Å²) < 4.78 is 11.2. The third kappa shape index (κ3) is 7.15. The van der Waals surface area contributed by atoms with Crippen LogP contribution in [0.4, 0.5) is 0 Å². The van der Waals surface area contributed by atoms with E-state index >= 15 is 0 Å². The number of carbonyl (C=O) groups is 2. The van der Waals surface area contributed by atoms with E-state index in [0.29, 0.717) is 43.9 Å². The van der Waals surface area contributed by atoms with Crippen LogP contribution in [0.2, 0.25) is 0 Å². The summed E-state index contributed by atoms with van der Waals surface area (Å²) in [5.41, 5.74) is 0.999. The van der Waals surface area contributed by atoms with Gasteiger partial charge in [0.25, 0.3) is 11.8 Å². The van der Waals surface area contributed by atoms with Gasteiger partial charge < -0.3 is 20.1 Å². The van der Waals surface area contributed by atoms with Crippen molar-refractivity contribution in [1.82, 2.24) is 15.5 Å². The minimum Gasteiger partial charge on any atom is -0.379 e. The highest BCUT2D eigenvalue weighted by Gasteiger charge is 2.34. The van der Waals surface area contributed by atoms with Gasteiger partial charge in [0.1, 0.15) is 0 Å². The number of hydrogen-bond acceptors (Lipinski definition) is 5. The summed E-state index contributed by atoms with van der Waals surface area (Å²) in [4.78, 5) is 30.7. The highest BCUT2D eigenvalue weighted by molar-refractivity contribution is 14.0. The van der Waals surface area contributed by atoms with Crippen molar-refractivity contribution < 1.29 is 19.1 Å². The Morgan fingerprint density at radius 3 is 2.58 bits per heavy atom. The number of amides is 2. The molecular formula is C22H33IN4O4. The van der Waals surface area contributed by atoms with Crippen molar-refractivity contribution in [3.63, 3.8) is 0 Å². The van der Waals surface area contributed by atoms with Gasteiger partial charge in [0, 0.05) is 32.3 Å². The molecule has 2 N–H and O–H groups in total. The van der Waals surface area contributed by atoms with E-state index < -0.39 is 0 Å². The predicted molar refractivity (Wildman–Crippen MR) is 130 cm³/mol. The van der Waals surface area contributed by atoms with E-state index in [-0.39, 0.29) is 47.9 Å². The van der Waals surface area contributed by atoms with Crippen molar-refractivity contribution >= 4 is 41.8 Å². The first-order valence-corrected chi connectivity index (χ1v) is 10.8. The van der Waals surface area contributed by atoms with Gasteiger partial charge >= 0.3 is 0 Å². The number of halogens is 1. The molecule has 9 heteroatoms. The summed E-state index contributed by atoms with van der Waals surface area (Å²) in [6.07, 6.45) is 2.65. The number of aliphatic imine (C=N–C) groups is 1. The summed E-state index contributed by atoms with van der Waals surface area (Å²) in [5.74, 6) is 0.350. The zero-order valence-corrected chi connectivity index (χ0v) is 20.6. The summed E-state index contributed by atoms with van der Waals surface area (Å²) in [6, 6.07) is 7.11. The summed E-state index contributed by atoms with van der Waals surface area (Å²) >= 11 is 0. The van der Waals surface area contributed by atoms with Crippen LogP contribution in [0, 0.1) is 0 Å². The third-order valence-corrected chi connectivity index (χ3v) is 5.14. The van der Waals surface area contributed by atoms with Crippen LogP contribution < -0.4 is 10.6 Å². The lowest BCUT2D eigenvalue weighted by atomic mass is 10.1. The molecule has 172 valence electrons. The Kier molecular flexibility index (Phi) is 10.7. The molecule has 3 rings (SSSR count). The summed E-state index contributed by atoms with van der Waals surface area (Å²) in [6.45, 7) is 7.93. The molecule has 2 heterocycles. The van der Waals surface area contributed by atoms with Crippen molar-refractivity contribution in [2.45, 2.75) is 45.3 Å². The standard InChI is InChI=1S/C22H32N4O4.HI/c1-3-23-22(25-16(2)14-30-17-10-13-29-15-17)24-11-6-7-12-26-20(27)18-8-4-5-9-19(18)21(26)28;/h4-5,8-9,16-17H,3,6-7,10-15H2,1-2H3,(H2,23,24,25);1H. The second-order valence-corrected chi connectivity index (χ2v) is 7.64. The molecule has 0 saturated carbocycles. The van der Waals surface area contributed by atoms with Gasteiger partial charge in [-0.1, -0.05) is 12.1 Å². The lowest BCUT2D eigenvalue weighted by Crippen LogP contribution is -2.44. The number of hydrogen-bond donors (Lipinski definition) is 2.